The van der Waals surface area contributed by atoms with Gasteiger partial charge in [-0.25, -0.2) is 0 Å². The quantitative estimate of drug-likeness (QED) is 0.303. The third-order valence-corrected chi connectivity index (χ3v) is 6.26. The SMILES string of the molecule is O[C@@H]1C(OCCBr)O[C@H](COCc2ccccc2)[C@@H](OCc2ccccc2)[C@@H]1OCc1ccccc1. The smallest absolute Gasteiger partial charge is 0.186 e. The summed E-state index contributed by atoms with van der Waals surface area (Å²) in [5, 5.41) is 11.8. The van der Waals surface area contributed by atoms with Gasteiger partial charge in [0.15, 0.2) is 6.29 Å². The molecule has 1 aliphatic heterocycles. The summed E-state index contributed by atoms with van der Waals surface area (Å²) in [7, 11) is 0. The molecule has 5 atom stereocenters. The molecule has 3 aromatic rings. The Labute approximate surface area is 221 Å². The molecule has 0 radical (unpaired) electrons. The molecule has 3 aromatic carbocycles. The maximum absolute atomic E-state index is 11.2. The first-order chi connectivity index (χ1) is 17.7. The van der Waals surface area contributed by atoms with Crippen LogP contribution < -0.4 is 0 Å². The average molecular weight is 557 g/mol. The van der Waals surface area contributed by atoms with E-state index in [2.05, 4.69) is 15.9 Å². The van der Waals surface area contributed by atoms with E-state index in [9.17, 15) is 5.11 Å². The van der Waals surface area contributed by atoms with Crippen molar-refractivity contribution in [3.8, 4) is 0 Å². The maximum atomic E-state index is 11.2. The van der Waals surface area contributed by atoms with Gasteiger partial charge in [-0.05, 0) is 16.7 Å². The highest BCUT2D eigenvalue weighted by atomic mass is 79.9. The standard InChI is InChI=1S/C29H33BrO6/c30-16-17-33-29-26(31)28(35-20-24-14-8-3-9-15-24)27(34-19-23-12-6-2-7-13-23)25(36-29)21-32-18-22-10-4-1-5-11-22/h1-15,25-29,31H,16-21H2/t25-,26+,27-,28-,29?/m1/s1. The third kappa shape index (κ3) is 7.95. The normalized spacial score (nSPS) is 24.0. The minimum atomic E-state index is -1.03. The van der Waals surface area contributed by atoms with E-state index < -0.39 is 30.7 Å². The molecule has 0 spiro atoms. The molecule has 36 heavy (non-hydrogen) atoms. The Morgan fingerprint density at radius 1 is 0.667 bits per heavy atom. The van der Waals surface area contributed by atoms with Gasteiger partial charge in [-0.3, -0.25) is 0 Å². The van der Waals surface area contributed by atoms with Crippen molar-refractivity contribution in [2.45, 2.75) is 50.5 Å². The summed E-state index contributed by atoms with van der Waals surface area (Å²) in [6.45, 7) is 1.78. The Bertz CT molecular complexity index is 990. The van der Waals surface area contributed by atoms with E-state index in [1.165, 1.54) is 0 Å². The number of aliphatic hydroxyl groups excluding tert-OH is 1. The Kier molecular flexibility index (Phi) is 10.9. The summed E-state index contributed by atoms with van der Waals surface area (Å²) in [6, 6.07) is 29.8. The van der Waals surface area contributed by atoms with E-state index in [1.807, 2.05) is 91.0 Å². The van der Waals surface area contributed by atoms with Crippen LogP contribution in [0.15, 0.2) is 91.0 Å². The lowest BCUT2D eigenvalue weighted by atomic mass is 9.98. The fourth-order valence-corrected chi connectivity index (χ4v) is 4.31. The van der Waals surface area contributed by atoms with Gasteiger partial charge in [-0.2, -0.15) is 0 Å². The van der Waals surface area contributed by atoms with Crippen molar-refractivity contribution in [3.63, 3.8) is 0 Å². The van der Waals surface area contributed by atoms with Gasteiger partial charge in [-0.1, -0.05) is 107 Å². The first-order valence-electron chi connectivity index (χ1n) is 12.2. The largest absolute Gasteiger partial charge is 0.385 e. The Balaban J connectivity index is 1.51. The van der Waals surface area contributed by atoms with E-state index in [0.717, 1.165) is 16.7 Å². The molecule has 1 heterocycles. The summed E-state index contributed by atoms with van der Waals surface area (Å²) >= 11 is 3.38. The van der Waals surface area contributed by atoms with Crippen molar-refractivity contribution in [2.24, 2.45) is 0 Å². The van der Waals surface area contributed by atoms with Gasteiger partial charge in [0.2, 0.25) is 0 Å². The number of hydrogen-bond donors (Lipinski definition) is 1. The second-order valence-electron chi connectivity index (χ2n) is 8.62. The summed E-state index contributed by atoms with van der Waals surface area (Å²) in [5.74, 6) is 0. The minimum absolute atomic E-state index is 0.264. The van der Waals surface area contributed by atoms with Gasteiger partial charge in [0.1, 0.15) is 24.4 Å². The number of rotatable bonds is 13. The zero-order chi connectivity index (χ0) is 25.0. The predicted octanol–water partition coefficient (Wildman–Crippen LogP) is 4.87. The molecule has 0 aliphatic carbocycles. The molecule has 1 unspecified atom stereocenters. The van der Waals surface area contributed by atoms with Crippen molar-refractivity contribution in [3.05, 3.63) is 108 Å². The minimum Gasteiger partial charge on any atom is -0.385 e. The number of alkyl halides is 1. The lowest BCUT2D eigenvalue weighted by Gasteiger charge is -2.44. The van der Waals surface area contributed by atoms with Crippen LogP contribution in [0, 0.1) is 0 Å². The molecule has 6 nitrogen and oxygen atoms in total. The van der Waals surface area contributed by atoms with E-state index in [-0.39, 0.29) is 6.61 Å². The highest BCUT2D eigenvalue weighted by Crippen LogP contribution is 2.29. The Hall–Kier alpha value is -2.10. The molecule has 0 bridgehead atoms. The van der Waals surface area contributed by atoms with Gasteiger partial charge in [-0.15, -0.1) is 0 Å². The van der Waals surface area contributed by atoms with Crippen molar-refractivity contribution in [1.82, 2.24) is 0 Å². The lowest BCUT2D eigenvalue weighted by Crippen LogP contribution is -2.61. The Morgan fingerprint density at radius 3 is 1.69 bits per heavy atom. The summed E-state index contributed by atoms with van der Waals surface area (Å²) in [5.41, 5.74) is 3.10. The summed E-state index contributed by atoms with van der Waals surface area (Å²) in [6.07, 6.45) is -3.62. The van der Waals surface area contributed by atoms with Crippen molar-refractivity contribution in [1.29, 1.82) is 0 Å². The molecule has 7 heteroatoms. The molecular weight excluding hydrogens is 524 g/mol. The Morgan fingerprint density at radius 2 is 1.17 bits per heavy atom. The highest BCUT2D eigenvalue weighted by Gasteiger charge is 2.47. The molecule has 0 aromatic heterocycles. The number of hydrogen-bond acceptors (Lipinski definition) is 6. The van der Waals surface area contributed by atoms with Crippen molar-refractivity contribution < 1.29 is 28.8 Å². The fourth-order valence-electron chi connectivity index (χ4n) is 4.12. The van der Waals surface area contributed by atoms with Crippen LogP contribution in [0.5, 0.6) is 0 Å². The molecule has 1 N–H and O–H groups in total. The predicted molar refractivity (Wildman–Crippen MR) is 141 cm³/mol. The average Bonchev–Trinajstić information content (AvgIpc) is 2.93. The number of ether oxygens (including phenoxy) is 5. The van der Waals surface area contributed by atoms with Gasteiger partial charge >= 0.3 is 0 Å². The van der Waals surface area contributed by atoms with E-state index >= 15 is 0 Å². The van der Waals surface area contributed by atoms with Crippen LogP contribution in [0.1, 0.15) is 16.7 Å². The second kappa shape index (κ2) is 14.6. The second-order valence-corrected chi connectivity index (χ2v) is 9.41. The number of halogens is 1. The van der Waals surface area contributed by atoms with Crippen LogP contribution in [-0.4, -0.2) is 54.4 Å². The summed E-state index contributed by atoms with van der Waals surface area (Å²) in [4.78, 5) is 0. The van der Waals surface area contributed by atoms with Gasteiger partial charge in [0, 0.05) is 5.33 Å². The lowest BCUT2D eigenvalue weighted by molar-refractivity contribution is -0.317. The van der Waals surface area contributed by atoms with Crippen LogP contribution in [-0.2, 0) is 43.5 Å². The molecule has 0 amide bonds. The van der Waals surface area contributed by atoms with Gasteiger partial charge < -0.3 is 28.8 Å². The monoisotopic (exact) mass is 556 g/mol. The maximum Gasteiger partial charge on any atom is 0.186 e. The first-order valence-corrected chi connectivity index (χ1v) is 13.3. The van der Waals surface area contributed by atoms with E-state index in [0.29, 0.717) is 31.8 Å². The van der Waals surface area contributed by atoms with E-state index in [1.54, 1.807) is 0 Å². The van der Waals surface area contributed by atoms with Crippen molar-refractivity contribution >= 4 is 15.9 Å². The molecule has 192 valence electrons. The van der Waals surface area contributed by atoms with Crippen LogP contribution in [0.4, 0.5) is 0 Å². The zero-order valence-corrected chi connectivity index (χ0v) is 21.7. The van der Waals surface area contributed by atoms with Crippen LogP contribution >= 0.6 is 15.9 Å². The molecule has 1 saturated heterocycles. The zero-order valence-electron chi connectivity index (χ0n) is 20.2. The molecular formula is C29H33BrO6. The molecule has 4 rings (SSSR count). The molecule has 0 saturated carbocycles. The first kappa shape index (κ1) is 26.9. The van der Waals surface area contributed by atoms with Crippen molar-refractivity contribution in [2.75, 3.05) is 18.5 Å². The van der Waals surface area contributed by atoms with Crippen LogP contribution in [0.2, 0.25) is 0 Å². The topological polar surface area (TPSA) is 66.4 Å². The van der Waals surface area contributed by atoms with E-state index in [4.69, 9.17) is 23.7 Å². The van der Waals surface area contributed by atoms with Crippen LogP contribution in [0.3, 0.4) is 0 Å². The summed E-state index contributed by atoms with van der Waals surface area (Å²) < 4.78 is 30.7. The number of benzene rings is 3. The fraction of sp³-hybridized carbons (Fsp3) is 0.379. The third-order valence-electron chi connectivity index (χ3n) is 5.94. The number of aliphatic hydroxyl groups is 1. The van der Waals surface area contributed by atoms with Gasteiger partial charge in [0.25, 0.3) is 0 Å². The highest BCUT2D eigenvalue weighted by molar-refractivity contribution is 9.09. The van der Waals surface area contributed by atoms with Gasteiger partial charge in [0.05, 0.1) is 33.0 Å². The molecule has 1 aliphatic rings. The van der Waals surface area contributed by atoms with Crippen LogP contribution in [0.25, 0.3) is 0 Å². The molecule has 1 fully saturated rings.